The molecule has 3 heterocycles. The molecule has 0 atom stereocenters. The van der Waals surface area contributed by atoms with Crippen LogP contribution in [0.1, 0.15) is 35.7 Å². The molecule has 2 aromatic heterocycles. The number of nitrogens with zero attached hydrogens (tertiary/aromatic N) is 5. The Morgan fingerprint density at radius 2 is 1.89 bits per heavy atom. The Morgan fingerprint density at radius 1 is 1.25 bits per heavy atom. The van der Waals surface area contributed by atoms with E-state index in [9.17, 15) is 4.79 Å². The summed E-state index contributed by atoms with van der Waals surface area (Å²) in [6.07, 6.45) is 2.87. The van der Waals surface area contributed by atoms with Crippen molar-refractivity contribution in [3.8, 4) is 5.75 Å². The van der Waals surface area contributed by atoms with Gasteiger partial charge in [-0.1, -0.05) is 25.4 Å². The second-order valence-corrected chi connectivity index (χ2v) is 5.97. The largest absolute Gasteiger partial charge is 0.494 e. The van der Waals surface area contributed by atoms with E-state index in [1.165, 1.54) is 19.5 Å². The van der Waals surface area contributed by atoms with Crippen LogP contribution in [0, 0.1) is 6.92 Å². The minimum absolute atomic E-state index is 0.0528. The van der Waals surface area contributed by atoms with Crippen molar-refractivity contribution in [2.45, 2.75) is 27.3 Å². The average Bonchev–Trinajstić information content (AvgIpc) is 2.76. The van der Waals surface area contributed by atoms with Crippen LogP contribution in [0.3, 0.4) is 0 Å². The average molecular weight is 409 g/mol. The zero-order valence-electron chi connectivity index (χ0n) is 16.5. The number of amides is 1. The first-order chi connectivity index (χ1) is 13.6. The van der Waals surface area contributed by atoms with Gasteiger partial charge in [0.05, 0.1) is 45.0 Å². The van der Waals surface area contributed by atoms with E-state index in [1.54, 1.807) is 0 Å². The number of methoxy groups -OCH3 is 1. The Bertz CT molecular complexity index is 782. The van der Waals surface area contributed by atoms with Gasteiger partial charge in [-0.15, -0.1) is 0 Å². The molecule has 152 valence electrons. The van der Waals surface area contributed by atoms with Crippen molar-refractivity contribution >= 4 is 23.5 Å². The van der Waals surface area contributed by atoms with Crippen LogP contribution in [0.25, 0.3) is 0 Å². The Balaban J connectivity index is 0.00000136. The number of halogens is 1. The summed E-state index contributed by atoms with van der Waals surface area (Å²) in [5.41, 5.74) is 1.37. The molecule has 1 amide bonds. The predicted molar refractivity (Wildman–Crippen MR) is 106 cm³/mol. The lowest BCUT2D eigenvalue weighted by Crippen LogP contribution is -2.37. The molecule has 1 aliphatic heterocycles. The molecule has 28 heavy (non-hydrogen) atoms. The van der Waals surface area contributed by atoms with Crippen molar-refractivity contribution in [1.29, 1.82) is 0 Å². The molecule has 1 fully saturated rings. The number of carbonyl (C=O) groups excluding carboxylic acids is 1. The van der Waals surface area contributed by atoms with Gasteiger partial charge in [-0.05, 0) is 6.92 Å². The molecule has 1 aliphatic rings. The van der Waals surface area contributed by atoms with Crippen molar-refractivity contribution in [2.75, 3.05) is 38.3 Å². The van der Waals surface area contributed by atoms with Crippen molar-refractivity contribution in [3.05, 3.63) is 34.6 Å². The molecular weight excluding hydrogens is 384 g/mol. The number of morpholine rings is 1. The Hall–Kier alpha value is -2.52. The van der Waals surface area contributed by atoms with Gasteiger partial charge in [-0.25, -0.2) is 19.9 Å². The highest BCUT2D eigenvalue weighted by molar-refractivity contribution is 6.30. The lowest BCUT2D eigenvalue weighted by molar-refractivity contribution is 0.0939. The molecule has 2 aromatic rings. The number of anilines is 1. The SMILES string of the molecule is CC.COc1cnc(C(=O)NCc2nc(N3CCOCC3)nc(Cl)c2C)nc1. The zero-order valence-corrected chi connectivity index (χ0v) is 17.3. The van der Waals surface area contributed by atoms with Crippen LogP contribution in [0.15, 0.2) is 12.4 Å². The molecule has 9 nitrogen and oxygen atoms in total. The monoisotopic (exact) mass is 408 g/mol. The van der Waals surface area contributed by atoms with E-state index in [0.29, 0.717) is 48.8 Å². The van der Waals surface area contributed by atoms with Gasteiger partial charge < -0.3 is 19.7 Å². The summed E-state index contributed by atoms with van der Waals surface area (Å²) in [6.45, 7) is 8.65. The van der Waals surface area contributed by atoms with Crippen molar-refractivity contribution in [3.63, 3.8) is 0 Å². The van der Waals surface area contributed by atoms with Crippen LogP contribution < -0.4 is 15.0 Å². The molecule has 0 spiro atoms. The van der Waals surface area contributed by atoms with E-state index in [1.807, 2.05) is 25.7 Å². The van der Waals surface area contributed by atoms with Crippen LogP contribution in [-0.4, -0.2) is 59.3 Å². The molecule has 1 N–H and O–H groups in total. The highest BCUT2D eigenvalue weighted by Crippen LogP contribution is 2.20. The molecule has 0 saturated carbocycles. The van der Waals surface area contributed by atoms with Crippen LogP contribution in [0.2, 0.25) is 5.15 Å². The predicted octanol–water partition coefficient (Wildman–Crippen LogP) is 2.03. The molecule has 0 aliphatic carbocycles. The summed E-state index contributed by atoms with van der Waals surface area (Å²) >= 11 is 6.24. The Morgan fingerprint density at radius 3 is 2.50 bits per heavy atom. The molecular formula is C18H25ClN6O3. The topological polar surface area (TPSA) is 102 Å². The summed E-state index contributed by atoms with van der Waals surface area (Å²) in [4.78, 5) is 31.0. The fourth-order valence-electron chi connectivity index (χ4n) is 2.38. The highest BCUT2D eigenvalue weighted by atomic mass is 35.5. The van der Waals surface area contributed by atoms with E-state index in [0.717, 1.165) is 5.56 Å². The third kappa shape index (κ3) is 5.49. The molecule has 0 bridgehead atoms. The smallest absolute Gasteiger partial charge is 0.289 e. The summed E-state index contributed by atoms with van der Waals surface area (Å²) in [6, 6.07) is 0. The van der Waals surface area contributed by atoms with Gasteiger partial charge in [0, 0.05) is 18.7 Å². The van der Waals surface area contributed by atoms with Crippen molar-refractivity contribution in [1.82, 2.24) is 25.3 Å². The van der Waals surface area contributed by atoms with Crippen LogP contribution in [-0.2, 0) is 11.3 Å². The fraction of sp³-hybridized carbons (Fsp3) is 0.500. The molecule has 1 saturated heterocycles. The van der Waals surface area contributed by atoms with Gasteiger partial charge in [0.25, 0.3) is 5.91 Å². The van der Waals surface area contributed by atoms with E-state index < -0.39 is 5.91 Å². The lowest BCUT2D eigenvalue weighted by atomic mass is 10.2. The number of hydrogen-bond donors (Lipinski definition) is 1. The summed E-state index contributed by atoms with van der Waals surface area (Å²) in [5, 5.41) is 3.12. The van der Waals surface area contributed by atoms with Crippen molar-refractivity contribution < 1.29 is 14.3 Å². The number of carbonyl (C=O) groups is 1. The van der Waals surface area contributed by atoms with Gasteiger partial charge in [0.2, 0.25) is 11.8 Å². The third-order valence-corrected chi connectivity index (χ3v) is 4.32. The summed E-state index contributed by atoms with van der Waals surface area (Å²) in [7, 11) is 1.51. The number of hydrogen-bond acceptors (Lipinski definition) is 8. The fourth-order valence-corrected chi connectivity index (χ4v) is 2.56. The first kappa shape index (κ1) is 21.8. The second-order valence-electron chi connectivity index (χ2n) is 5.61. The van der Waals surface area contributed by atoms with E-state index in [2.05, 4.69) is 25.3 Å². The quantitative estimate of drug-likeness (QED) is 0.749. The Kier molecular flexibility index (Phi) is 8.34. The van der Waals surface area contributed by atoms with Gasteiger partial charge in [-0.3, -0.25) is 4.79 Å². The van der Waals surface area contributed by atoms with Gasteiger partial charge in [0.1, 0.15) is 5.15 Å². The van der Waals surface area contributed by atoms with E-state index in [-0.39, 0.29) is 12.4 Å². The minimum Gasteiger partial charge on any atom is -0.494 e. The summed E-state index contributed by atoms with van der Waals surface area (Å²) in [5.74, 6) is 0.663. The normalized spacial score (nSPS) is 13.4. The number of ether oxygens (including phenoxy) is 2. The third-order valence-electron chi connectivity index (χ3n) is 3.95. The first-order valence-corrected chi connectivity index (χ1v) is 9.46. The molecule has 0 radical (unpaired) electrons. The molecule has 10 heteroatoms. The van der Waals surface area contributed by atoms with Crippen LogP contribution in [0.4, 0.5) is 5.95 Å². The van der Waals surface area contributed by atoms with Gasteiger partial charge >= 0.3 is 0 Å². The maximum Gasteiger partial charge on any atom is 0.289 e. The zero-order chi connectivity index (χ0) is 20.5. The highest BCUT2D eigenvalue weighted by Gasteiger charge is 2.18. The standard InChI is InChI=1S/C16H19ClN6O3.C2H6/c1-10-12(9-20-15(24)14-18-7-11(25-2)8-19-14)21-16(22-13(10)17)23-3-5-26-6-4-23;1-2/h7-8H,3-6,9H2,1-2H3,(H,20,24);1-2H3. The van der Waals surface area contributed by atoms with Crippen LogP contribution >= 0.6 is 11.6 Å². The van der Waals surface area contributed by atoms with Crippen LogP contribution in [0.5, 0.6) is 5.75 Å². The molecule has 0 aromatic carbocycles. The van der Waals surface area contributed by atoms with E-state index in [4.69, 9.17) is 21.1 Å². The maximum absolute atomic E-state index is 12.2. The maximum atomic E-state index is 12.2. The van der Waals surface area contributed by atoms with Crippen molar-refractivity contribution in [2.24, 2.45) is 0 Å². The number of rotatable bonds is 5. The molecule has 0 unspecified atom stereocenters. The lowest BCUT2D eigenvalue weighted by Gasteiger charge is -2.27. The number of nitrogens with one attached hydrogen (secondary N) is 1. The number of aromatic nitrogens is 4. The van der Waals surface area contributed by atoms with Gasteiger partial charge in [-0.2, -0.15) is 0 Å². The minimum atomic E-state index is -0.408. The van der Waals surface area contributed by atoms with E-state index >= 15 is 0 Å². The van der Waals surface area contributed by atoms with Gasteiger partial charge in [0.15, 0.2) is 5.75 Å². The first-order valence-electron chi connectivity index (χ1n) is 9.08. The second kappa shape index (κ2) is 10.7. The Labute approximate surface area is 169 Å². The summed E-state index contributed by atoms with van der Waals surface area (Å²) < 4.78 is 10.3. The molecule has 3 rings (SSSR count).